The van der Waals surface area contributed by atoms with Crippen LogP contribution in [0, 0.1) is 13.8 Å². The van der Waals surface area contributed by atoms with Crippen molar-refractivity contribution in [2.75, 3.05) is 30.9 Å². The van der Waals surface area contributed by atoms with E-state index in [2.05, 4.69) is 36.5 Å². The second-order valence-electron chi connectivity index (χ2n) is 5.06. The van der Waals surface area contributed by atoms with E-state index >= 15 is 0 Å². The second kappa shape index (κ2) is 8.03. The van der Waals surface area contributed by atoms with Gasteiger partial charge in [0.05, 0.1) is 6.61 Å². The lowest BCUT2D eigenvalue weighted by Crippen LogP contribution is -2.17. The van der Waals surface area contributed by atoms with Gasteiger partial charge < -0.3 is 15.4 Å². The van der Waals surface area contributed by atoms with Crippen molar-refractivity contribution in [2.24, 2.45) is 0 Å². The van der Waals surface area contributed by atoms with Crippen molar-refractivity contribution in [1.82, 2.24) is 9.97 Å². The Bertz CT molecular complexity index is 706. The normalized spacial score (nSPS) is 10.4. The van der Waals surface area contributed by atoms with Gasteiger partial charge in [-0.3, -0.25) is 4.79 Å². The van der Waals surface area contributed by atoms with Crippen molar-refractivity contribution in [3.8, 4) is 0 Å². The number of ether oxygens (including phenoxy) is 1. The van der Waals surface area contributed by atoms with Crippen LogP contribution in [0.4, 0.5) is 11.6 Å². The van der Waals surface area contributed by atoms with Crippen LogP contribution in [-0.2, 0) is 4.74 Å². The van der Waals surface area contributed by atoms with E-state index in [1.165, 1.54) is 0 Å². The largest absolute Gasteiger partial charge is 0.383 e. The van der Waals surface area contributed by atoms with Gasteiger partial charge in [0.15, 0.2) is 0 Å². The Kier molecular flexibility index (Phi) is 6.06. The number of carbonyl (C=O) groups excluding carboxylic acids is 1. The summed E-state index contributed by atoms with van der Waals surface area (Å²) in [6, 6.07) is 7.28. The van der Waals surface area contributed by atoms with Gasteiger partial charge in [0, 0.05) is 29.5 Å². The van der Waals surface area contributed by atoms with E-state index in [9.17, 15) is 4.79 Å². The average Bonchev–Trinajstić information content (AvgIpc) is 2.51. The minimum absolute atomic E-state index is 0.271. The molecule has 1 aromatic carbocycles. The summed E-state index contributed by atoms with van der Waals surface area (Å²) in [7, 11) is 1.62. The first-order chi connectivity index (χ1) is 11.0. The zero-order valence-corrected chi connectivity index (χ0v) is 14.9. The lowest BCUT2D eigenvalue weighted by Gasteiger charge is -2.09. The number of anilines is 2. The van der Waals surface area contributed by atoms with Crippen LogP contribution in [0.3, 0.4) is 0 Å². The highest BCUT2D eigenvalue weighted by atomic mass is 79.9. The maximum absolute atomic E-state index is 12.4. The van der Waals surface area contributed by atoms with Crippen molar-refractivity contribution in [1.29, 1.82) is 0 Å². The topological polar surface area (TPSA) is 76.1 Å². The number of aromatic nitrogens is 2. The Morgan fingerprint density at radius 1 is 1.26 bits per heavy atom. The molecule has 2 rings (SSSR count). The van der Waals surface area contributed by atoms with Gasteiger partial charge in [0.1, 0.15) is 5.69 Å². The molecule has 0 saturated heterocycles. The molecule has 0 unspecified atom stereocenters. The number of benzene rings is 1. The number of nitrogens with one attached hydrogen (secondary N) is 2. The summed E-state index contributed by atoms with van der Waals surface area (Å²) in [5.41, 5.74) is 2.81. The maximum Gasteiger partial charge on any atom is 0.274 e. The molecule has 0 aliphatic rings. The van der Waals surface area contributed by atoms with E-state index < -0.39 is 0 Å². The van der Waals surface area contributed by atoms with Crippen LogP contribution in [0.15, 0.2) is 28.7 Å². The number of carbonyl (C=O) groups is 1. The van der Waals surface area contributed by atoms with E-state index in [4.69, 9.17) is 4.74 Å². The highest BCUT2D eigenvalue weighted by Gasteiger charge is 2.11. The lowest BCUT2D eigenvalue weighted by molar-refractivity contribution is 0.102. The third kappa shape index (κ3) is 5.01. The molecule has 6 nitrogen and oxygen atoms in total. The number of hydrogen-bond donors (Lipinski definition) is 2. The van der Waals surface area contributed by atoms with Crippen molar-refractivity contribution < 1.29 is 9.53 Å². The first kappa shape index (κ1) is 17.4. The molecule has 0 aliphatic heterocycles. The molecule has 1 aromatic heterocycles. The highest BCUT2D eigenvalue weighted by molar-refractivity contribution is 9.10. The lowest BCUT2D eigenvalue weighted by atomic mass is 10.2. The minimum atomic E-state index is -0.271. The van der Waals surface area contributed by atoms with E-state index in [0.29, 0.717) is 24.8 Å². The Balaban J connectivity index is 2.13. The van der Waals surface area contributed by atoms with E-state index in [-0.39, 0.29) is 5.91 Å². The number of aryl methyl sites for hydroxylation is 2. The molecule has 1 amide bonds. The van der Waals surface area contributed by atoms with E-state index in [0.717, 1.165) is 21.4 Å². The first-order valence-electron chi connectivity index (χ1n) is 7.15. The molecule has 122 valence electrons. The first-order valence-corrected chi connectivity index (χ1v) is 7.95. The molecule has 7 heteroatoms. The van der Waals surface area contributed by atoms with Crippen molar-refractivity contribution in [3.63, 3.8) is 0 Å². The molecule has 0 fully saturated rings. The van der Waals surface area contributed by atoms with Crippen LogP contribution >= 0.6 is 15.9 Å². The molecule has 0 saturated carbocycles. The van der Waals surface area contributed by atoms with Crippen LogP contribution in [-0.4, -0.2) is 36.1 Å². The molecule has 2 aromatic rings. The van der Waals surface area contributed by atoms with E-state index in [1.807, 2.05) is 32.0 Å². The average molecular weight is 379 g/mol. The number of nitrogens with zero attached hydrogens (tertiary/aromatic N) is 2. The quantitative estimate of drug-likeness (QED) is 0.754. The summed E-state index contributed by atoms with van der Waals surface area (Å²) < 4.78 is 5.97. The molecule has 1 heterocycles. The summed E-state index contributed by atoms with van der Waals surface area (Å²) in [5.74, 6) is 0.145. The van der Waals surface area contributed by atoms with Gasteiger partial charge >= 0.3 is 0 Å². The van der Waals surface area contributed by atoms with Crippen LogP contribution < -0.4 is 10.6 Å². The summed E-state index contributed by atoms with van der Waals surface area (Å²) >= 11 is 3.44. The number of hydrogen-bond acceptors (Lipinski definition) is 5. The summed E-state index contributed by atoms with van der Waals surface area (Å²) in [4.78, 5) is 20.9. The molecule has 0 aliphatic carbocycles. The molecule has 23 heavy (non-hydrogen) atoms. The van der Waals surface area contributed by atoms with Crippen LogP contribution in [0.2, 0.25) is 0 Å². The molecule has 0 atom stereocenters. The third-order valence-electron chi connectivity index (χ3n) is 3.09. The Morgan fingerprint density at radius 2 is 2.04 bits per heavy atom. The molecular formula is C16H19BrN4O2. The minimum Gasteiger partial charge on any atom is -0.383 e. The van der Waals surface area contributed by atoms with Gasteiger partial charge in [-0.15, -0.1) is 0 Å². The van der Waals surface area contributed by atoms with Crippen LogP contribution in [0.25, 0.3) is 0 Å². The zero-order chi connectivity index (χ0) is 16.8. The van der Waals surface area contributed by atoms with Gasteiger partial charge in [-0.25, -0.2) is 9.97 Å². The van der Waals surface area contributed by atoms with Gasteiger partial charge in [0.25, 0.3) is 5.91 Å². The Labute approximate surface area is 143 Å². The Hall–Kier alpha value is -1.99. The fraction of sp³-hybridized carbons (Fsp3) is 0.312. The summed E-state index contributed by atoms with van der Waals surface area (Å²) in [6.45, 7) is 4.90. The van der Waals surface area contributed by atoms with Gasteiger partial charge in [-0.2, -0.15) is 0 Å². The van der Waals surface area contributed by atoms with Crippen molar-refractivity contribution >= 4 is 33.5 Å². The molecule has 2 N–H and O–H groups in total. The molecule has 0 radical (unpaired) electrons. The fourth-order valence-corrected chi connectivity index (χ4v) is 2.19. The second-order valence-corrected chi connectivity index (χ2v) is 5.91. The summed E-state index contributed by atoms with van der Waals surface area (Å²) in [6.07, 6.45) is 0. The predicted octanol–water partition coefficient (Wildman–Crippen LogP) is 3.17. The van der Waals surface area contributed by atoms with Gasteiger partial charge in [0.2, 0.25) is 5.95 Å². The zero-order valence-electron chi connectivity index (χ0n) is 13.3. The highest BCUT2D eigenvalue weighted by Crippen LogP contribution is 2.20. The number of methoxy groups -OCH3 is 1. The van der Waals surface area contributed by atoms with Gasteiger partial charge in [-0.05, 0) is 43.7 Å². The van der Waals surface area contributed by atoms with Gasteiger partial charge in [-0.1, -0.05) is 15.9 Å². The number of amides is 1. The SMILES string of the molecule is COCCNc1nc(C)cc(C(=O)Nc2ccc(Br)c(C)c2)n1. The molecular weight excluding hydrogens is 360 g/mol. The predicted molar refractivity (Wildman–Crippen MR) is 94.0 cm³/mol. The van der Waals surface area contributed by atoms with Crippen LogP contribution in [0.5, 0.6) is 0 Å². The number of halogens is 1. The smallest absolute Gasteiger partial charge is 0.274 e. The standard InChI is InChI=1S/C16H19BrN4O2/c1-10-8-12(4-5-13(10)17)20-15(22)14-9-11(2)19-16(21-14)18-6-7-23-3/h4-5,8-9H,6-7H2,1-3H3,(H,20,22)(H,18,19,21). The molecule has 0 bridgehead atoms. The third-order valence-corrected chi connectivity index (χ3v) is 3.98. The van der Waals surface area contributed by atoms with E-state index in [1.54, 1.807) is 13.2 Å². The Morgan fingerprint density at radius 3 is 2.74 bits per heavy atom. The maximum atomic E-state index is 12.4. The number of rotatable bonds is 6. The van der Waals surface area contributed by atoms with Crippen molar-refractivity contribution in [3.05, 3.63) is 45.7 Å². The van der Waals surface area contributed by atoms with Crippen LogP contribution in [0.1, 0.15) is 21.7 Å². The van der Waals surface area contributed by atoms with Crippen molar-refractivity contribution in [2.45, 2.75) is 13.8 Å². The molecule has 0 spiro atoms. The fourth-order valence-electron chi connectivity index (χ4n) is 1.95. The monoisotopic (exact) mass is 378 g/mol. The summed E-state index contributed by atoms with van der Waals surface area (Å²) in [5, 5.41) is 5.87.